The monoisotopic (exact) mass is 264 g/mol. The molecule has 0 unspecified atom stereocenters. The van der Waals surface area contributed by atoms with Crippen molar-refractivity contribution in [2.24, 2.45) is 0 Å². The molecule has 1 aliphatic rings. The highest BCUT2D eigenvalue weighted by molar-refractivity contribution is 5.83. The molecule has 0 bridgehead atoms. The molecule has 0 heterocycles. The lowest BCUT2D eigenvalue weighted by Gasteiger charge is -2.39. The minimum absolute atomic E-state index is 0.650. The maximum Gasteiger partial charge on any atom is 0.314 e. The van der Waals surface area contributed by atoms with E-state index in [1.807, 2.05) is 19.1 Å². The van der Waals surface area contributed by atoms with E-state index in [2.05, 4.69) is 0 Å². The van der Waals surface area contributed by atoms with E-state index < -0.39 is 11.4 Å². The van der Waals surface area contributed by atoms with Gasteiger partial charge in [0.25, 0.3) is 0 Å². The third-order valence-corrected chi connectivity index (χ3v) is 4.12. The summed E-state index contributed by atoms with van der Waals surface area (Å²) in [6.45, 7) is 2.02. The smallest absolute Gasteiger partial charge is 0.314 e. The SMILES string of the molecule is CCc1c(OC)cc(OC)cc1C1(C(=O)O)CCC1. The van der Waals surface area contributed by atoms with E-state index in [0.29, 0.717) is 24.3 Å². The van der Waals surface area contributed by atoms with Crippen molar-refractivity contribution in [1.82, 2.24) is 0 Å². The van der Waals surface area contributed by atoms with Gasteiger partial charge in [0.05, 0.1) is 19.6 Å². The Bertz CT molecular complexity index is 489. The number of rotatable bonds is 5. The van der Waals surface area contributed by atoms with Crippen molar-refractivity contribution in [2.75, 3.05) is 14.2 Å². The van der Waals surface area contributed by atoms with Crippen molar-refractivity contribution in [3.63, 3.8) is 0 Å². The molecule has 2 rings (SSSR count). The number of aliphatic carboxylic acids is 1. The minimum atomic E-state index is -0.757. The minimum Gasteiger partial charge on any atom is -0.497 e. The maximum atomic E-state index is 11.7. The largest absolute Gasteiger partial charge is 0.497 e. The maximum absolute atomic E-state index is 11.7. The van der Waals surface area contributed by atoms with Crippen molar-refractivity contribution in [3.8, 4) is 11.5 Å². The van der Waals surface area contributed by atoms with Crippen LogP contribution in [0.15, 0.2) is 12.1 Å². The second-order valence-corrected chi connectivity index (χ2v) is 4.95. The van der Waals surface area contributed by atoms with Crippen LogP contribution in [0.25, 0.3) is 0 Å². The van der Waals surface area contributed by atoms with Gasteiger partial charge in [-0.3, -0.25) is 4.79 Å². The Morgan fingerprint density at radius 2 is 2.00 bits per heavy atom. The van der Waals surface area contributed by atoms with Gasteiger partial charge in [-0.25, -0.2) is 0 Å². The lowest BCUT2D eigenvalue weighted by atomic mass is 9.63. The zero-order valence-corrected chi connectivity index (χ0v) is 11.7. The summed E-state index contributed by atoms with van der Waals surface area (Å²) in [4.78, 5) is 11.7. The fraction of sp³-hybridized carbons (Fsp3) is 0.533. The van der Waals surface area contributed by atoms with Crippen molar-refractivity contribution < 1.29 is 19.4 Å². The van der Waals surface area contributed by atoms with E-state index in [4.69, 9.17) is 9.47 Å². The van der Waals surface area contributed by atoms with E-state index in [1.165, 1.54) is 0 Å². The van der Waals surface area contributed by atoms with Crippen LogP contribution in [0.3, 0.4) is 0 Å². The number of carboxylic acids is 1. The first-order valence-electron chi connectivity index (χ1n) is 6.57. The summed E-state index contributed by atoms with van der Waals surface area (Å²) in [5.41, 5.74) is 1.07. The van der Waals surface area contributed by atoms with E-state index in [-0.39, 0.29) is 0 Å². The molecule has 0 aliphatic heterocycles. The summed E-state index contributed by atoms with van der Waals surface area (Å²) < 4.78 is 10.7. The zero-order valence-electron chi connectivity index (χ0n) is 11.7. The summed E-state index contributed by atoms with van der Waals surface area (Å²) in [6.07, 6.45) is 3.07. The molecule has 1 aromatic rings. The van der Waals surface area contributed by atoms with Crippen molar-refractivity contribution in [3.05, 3.63) is 23.3 Å². The van der Waals surface area contributed by atoms with Gasteiger partial charge in [-0.15, -0.1) is 0 Å². The van der Waals surface area contributed by atoms with E-state index in [0.717, 1.165) is 24.0 Å². The molecule has 0 spiro atoms. The Morgan fingerprint density at radius 3 is 2.37 bits per heavy atom. The normalized spacial score (nSPS) is 16.6. The number of hydrogen-bond acceptors (Lipinski definition) is 3. The number of carbonyl (C=O) groups is 1. The van der Waals surface area contributed by atoms with E-state index >= 15 is 0 Å². The number of hydrogen-bond donors (Lipinski definition) is 1. The predicted molar refractivity (Wildman–Crippen MR) is 72.1 cm³/mol. The van der Waals surface area contributed by atoms with Crippen LogP contribution in [-0.4, -0.2) is 25.3 Å². The Balaban J connectivity index is 2.63. The summed E-state index contributed by atoms with van der Waals surface area (Å²) in [6, 6.07) is 3.67. The van der Waals surface area contributed by atoms with Gasteiger partial charge in [-0.1, -0.05) is 13.3 Å². The molecule has 4 nitrogen and oxygen atoms in total. The van der Waals surface area contributed by atoms with Crippen LogP contribution in [0.1, 0.15) is 37.3 Å². The van der Waals surface area contributed by atoms with Crippen molar-refractivity contribution in [1.29, 1.82) is 0 Å². The highest BCUT2D eigenvalue weighted by atomic mass is 16.5. The molecule has 1 aromatic carbocycles. The standard InChI is InChI=1S/C15H20O4/c1-4-11-12(15(14(16)17)6-5-7-15)8-10(18-2)9-13(11)19-3/h8-9H,4-7H2,1-3H3,(H,16,17). The Hall–Kier alpha value is -1.71. The summed E-state index contributed by atoms with van der Waals surface area (Å²) >= 11 is 0. The molecule has 4 heteroatoms. The van der Waals surface area contributed by atoms with E-state index in [9.17, 15) is 9.90 Å². The molecule has 0 amide bonds. The lowest BCUT2D eigenvalue weighted by molar-refractivity contribution is -0.147. The van der Waals surface area contributed by atoms with Gasteiger partial charge in [0.2, 0.25) is 0 Å². The molecular weight excluding hydrogens is 244 g/mol. The van der Waals surface area contributed by atoms with Crippen molar-refractivity contribution >= 4 is 5.97 Å². The second kappa shape index (κ2) is 5.11. The van der Waals surface area contributed by atoms with Gasteiger partial charge in [0, 0.05) is 6.07 Å². The summed E-state index contributed by atoms with van der Waals surface area (Å²) in [7, 11) is 3.18. The lowest BCUT2D eigenvalue weighted by Crippen LogP contribution is -2.43. The second-order valence-electron chi connectivity index (χ2n) is 4.95. The average Bonchev–Trinajstić information content (AvgIpc) is 2.35. The number of methoxy groups -OCH3 is 2. The topological polar surface area (TPSA) is 55.8 Å². The van der Waals surface area contributed by atoms with Crippen molar-refractivity contribution in [2.45, 2.75) is 38.0 Å². The highest BCUT2D eigenvalue weighted by Gasteiger charge is 2.47. The van der Waals surface area contributed by atoms with Gasteiger partial charge < -0.3 is 14.6 Å². The van der Waals surface area contributed by atoms with Crippen LogP contribution in [0.5, 0.6) is 11.5 Å². The van der Waals surface area contributed by atoms with Gasteiger partial charge in [0.15, 0.2) is 0 Å². The Labute approximate surface area is 113 Å². The van der Waals surface area contributed by atoms with Crippen LogP contribution in [0.4, 0.5) is 0 Å². The van der Waals surface area contributed by atoms with Crippen LogP contribution in [0.2, 0.25) is 0 Å². The van der Waals surface area contributed by atoms with Gasteiger partial charge >= 0.3 is 5.97 Å². The molecular formula is C15H20O4. The molecule has 19 heavy (non-hydrogen) atoms. The Morgan fingerprint density at radius 1 is 1.32 bits per heavy atom. The van der Waals surface area contributed by atoms with Gasteiger partial charge in [-0.05, 0) is 36.5 Å². The zero-order chi connectivity index (χ0) is 14.0. The van der Waals surface area contributed by atoms with Crippen LogP contribution >= 0.6 is 0 Å². The number of carboxylic acid groups (broad SMARTS) is 1. The fourth-order valence-electron chi connectivity index (χ4n) is 2.84. The molecule has 1 fully saturated rings. The fourth-order valence-corrected chi connectivity index (χ4v) is 2.84. The first kappa shape index (κ1) is 13.7. The van der Waals surface area contributed by atoms with E-state index in [1.54, 1.807) is 14.2 Å². The molecule has 1 saturated carbocycles. The van der Waals surface area contributed by atoms with Gasteiger partial charge in [0.1, 0.15) is 11.5 Å². The molecule has 0 saturated heterocycles. The third kappa shape index (κ3) is 2.05. The molecule has 0 atom stereocenters. The number of ether oxygens (including phenoxy) is 2. The summed E-state index contributed by atoms with van der Waals surface area (Å²) in [5, 5.41) is 9.60. The van der Waals surface area contributed by atoms with Crippen LogP contribution < -0.4 is 9.47 Å². The Kier molecular flexibility index (Phi) is 3.69. The molecule has 0 aromatic heterocycles. The van der Waals surface area contributed by atoms with Crippen LogP contribution in [0, 0.1) is 0 Å². The highest BCUT2D eigenvalue weighted by Crippen LogP contribution is 2.48. The quantitative estimate of drug-likeness (QED) is 0.888. The predicted octanol–water partition coefficient (Wildman–Crippen LogP) is 2.77. The molecule has 104 valence electrons. The average molecular weight is 264 g/mol. The van der Waals surface area contributed by atoms with Gasteiger partial charge in [-0.2, -0.15) is 0 Å². The first-order chi connectivity index (χ1) is 9.08. The molecule has 1 aliphatic carbocycles. The molecule has 1 N–H and O–H groups in total. The summed E-state index contributed by atoms with van der Waals surface area (Å²) in [5.74, 6) is 0.615. The number of benzene rings is 1. The third-order valence-electron chi connectivity index (χ3n) is 4.12. The molecule has 0 radical (unpaired) electrons. The van der Waals surface area contributed by atoms with Crippen LogP contribution in [-0.2, 0) is 16.6 Å². The first-order valence-corrected chi connectivity index (χ1v) is 6.57.